The Hall–Kier alpha value is -2.83. The van der Waals surface area contributed by atoms with Crippen LogP contribution < -0.4 is 5.32 Å². The Kier molecular flexibility index (Phi) is 6.25. The fraction of sp³-hybridized carbons (Fsp3) is 0.455. The maximum atomic E-state index is 13.1. The summed E-state index contributed by atoms with van der Waals surface area (Å²) >= 11 is 0. The van der Waals surface area contributed by atoms with Crippen LogP contribution in [0, 0.1) is 11.7 Å². The van der Waals surface area contributed by atoms with E-state index in [2.05, 4.69) is 29.4 Å². The molecule has 1 fully saturated rings. The first kappa shape index (κ1) is 20.9. The van der Waals surface area contributed by atoms with Crippen LogP contribution >= 0.6 is 0 Å². The van der Waals surface area contributed by atoms with Crippen LogP contribution in [0.5, 0.6) is 0 Å². The Morgan fingerprint density at radius 1 is 1.17 bits per heavy atom. The summed E-state index contributed by atoms with van der Waals surface area (Å²) in [6.45, 7) is 7.35. The molecule has 1 N–H and O–H groups in total. The van der Waals surface area contributed by atoms with Gasteiger partial charge in [-0.15, -0.1) is 10.2 Å². The first-order valence-electron chi connectivity index (χ1n) is 9.89. The number of halogens is 1. The molecule has 2 aromatic rings. The molecule has 1 saturated heterocycles. The summed E-state index contributed by atoms with van der Waals surface area (Å²) in [5.74, 6) is 0.151. The topological polar surface area (TPSA) is 75.2 Å². The van der Waals surface area contributed by atoms with Gasteiger partial charge in [-0.2, -0.15) is 0 Å². The second-order valence-corrected chi connectivity index (χ2v) is 8.25. The Balaban J connectivity index is 1.60. The first-order chi connectivity index (χ1) is 13.8. The maximum Gasteiger partial charge on any atom is 0.274 e. The second-order valence-electron chi connectivity index (χ2n) is 8.25. The lowest BCUT2D eigenvalue weighted by molar-refractivity contribution is -0.122. The van der Waals surface area contributed by atoms with E-state index in [1.807, 2.05) is 0 Å². The van der Waals surface area contributed by atoms with Gasteiger partial charge in [-0.05, 0) is 49.6 Å². The number of aromatic nitrogens is 2. The molecule has 7 heteroatoms. The van der Waals surface area contributed by atoms with Gasteiger partial charge in [0, 0.05) is 31.0 Å². The van der Waals surface area contributed by atoms with E-state index in [1.54, 1.807) is 36.1 Å². The maximum absolute atomic E-state index is 13.1. The third-order valence-electron chi connectivity index (χ3n) is 5.50. The van der Waals surface area contributed by atoms with Gasteiger partial charge in [-0.1, -0.05) is 26.0 Å². The molecule has 1 aromatic carbocycles. The van der Waals surface area contributed by atoms with E-state index in [0.29, 0.717) is 25.5 Å². The van der Waals surface area contributed by atoms with Gasteiger partial charge in [-0.25, -0.2) is 4.39 Å². The van der Waals surface area contributed by atoms with Gasteiger partial charge in [-0.3, -0.25) is 9.59 Å². The van der Waals surface area contributed by atoms with Crippen LogP contribution in [-0.4, -0.2) is 46.4 Å². The number of rotatable bonds is 6. The minimum absolute atomic E-state index is 0.0877. The SMILES string of the molecule is CC(=O)C1CCCN(C(=O)c2ccc(NCC(C)(C)c3ccc(F)cc3)nn2)C1. The van der Waals surface area contributed by atoms with Gasteiger partial charge in [0.25, 0.3) is 5.91 Å². The van der Waals surface area contributed by atoms with Gasteiger partial charge in [0.1, 0.15) is 17.4 Å². The zero-order valence-corrected chi connectivity index (χ0v) is 17.1. The smallest absolute Gasteiger partial charge is 0.274 e. The molecule has 29 heavy (non-hydrogen) atoms. The van der Waals surface area contributed by atoms with Gasteiger partial charge in [0.2, 0.25) is 0 Å². The number of amides is 1. The van der Waals surface area contributed by atoms with Crippen molar-refractivity contribution in [3.8, 4) is 0 Å². The van der Waals surface area contributed by atoms with Crippen molar-refractivity contribution in [2.45, 2.75) is 39.0 Å². The lowest BCUT2D eigenvalue weighted by Crippen LogP contribution is -2.42. The van der Waals surface area contributed by atoms with Gasteiger partial charge in [0.05, 0.1) is 0 Å². The number of carbonyl (C=O) groups is 2. The van der Waals surface area contributed by atoms with Crippen molar-refractivity contribution >= 4 is 17.5 Å². The molecular formula is C22H27FN4O2. The number of hydrogen-bond acceptors (Lipinski definition) is 5. The van der Waals surface area contributed by atoms with E-state index >= 15 is 0 Å². The van der Waals surface area contributed by atoms with Crippen LogP contribution in [0.2, 0.25) is 0 Å². The van der Waals surface area contributed by atoms with Crippen molar-refractivity contribution in [2.75, 3.05) is 25.0 Å². The van der Waals surface area contributed by atoms with Gasteiger partial charge in [0.15, 0.2) is 5.69 Å². The predicted octanol–water partition coefficient (Wildman–Crippen LogP) is 3.45. The molecule has 0 bridgehead atoms. The second kappa shape index (κ2) is 8.68. The highest BCUT2D eigenvalue weighted by atomic mass is 19.1. The van der Waals surface area contributed by atoms with Crippen molar-refractivity contribution in [2.24, 2.45) is 5.92 Å². The van der Waals surface area contributed by atoms with Crippen LogP contribution in [0.3, 0.4) is 0 Å². The predicted molar refractivity (Wildman–Crippen MR) is 109 cm³/mol. The molecule has 0 saturated carbocycles. The summed E-state index contributed by atoms with van der Waals surface area (Å²) in [4.78, 5) is 26.0. The summed E-state index contributed by atoms with van der Waals surface area (Å²) in [5.41, 5.74) is 1.05. The van der Waals surface area contributed by atoms with Gasteiger partial charge >= 0.3 is 0 Å². The quantitative estimate of drug-likeness (QED) is 0.807. The Morgan fingerprint density at radius 3 is 2.52 bits per heavy atom. The van der Waals surface area contributed by atoms with Crippen molar-refractivity contribution in [1.29, 1.82) is 0 Å². The summed E-state index contributed by atoms with van der Waals surface area (Å²) in [5, 5.41) is 11.4. The number of carbonyl (C=O) groups excluding carboxylic acids is 2. The van der Waals surface area contributed by atoms with E-state index in [4.69, 9.17) is 0 Å². The highest BCUT2D eigenvalue weighted by Crippen LogP contribution is 2.24. The molecule has 1 atom stereocenters. The summed E-state index contributed by atoms with van der Waals surface area (Å²) in [6.07, 6.45) is 1.65. The zero-order chi connectivity index (χ0) is 21.0. The van der Waals surface area contributed by atoms with E-state index in [1.165, 1.54) is 12.1 Å². The third kappa shape index (κ3) is 5.16. The Labute approximate surface area is 170 Å². The average Bonchev–Trinajstić information content (AvgIpc) is 2.72. The largest absolute Gasteiger partial charge is 0.368 e. The number of hydrogen-bond donors (Lipinski definition) is 1. The molecule has 1 aliphatic heterocycles. The van der Waals surface area contributed by atoms with E-state index in [0.717, 1.165) is 18.4 Å². The Bertz CT molecular complexity index is 865. The molecule has 1 amide bonds. The molecule has 6 nitrogen and oxygen atoms in total. The number of ketones is 1. The third-order valence-corrected chi connectivity index (χ3v) is 5.50. The fourth-order valence-corrected chi connectivity index (χ4v) is 3.51. The molecule has 154 valence electrons. The van der Waals surface area contributed by atoms with E-state index in [-0.39, 0.29) is 34.5 Å². The number of Topliss-reactive ketones (excluding diaryl/α,β-unsaturated/α-hetero) is 1. The zero-order valence-electron chi connectivity index (χ0n) is 17.1. The fourth-order valence-electron chi connectivity index (χ4n) is 3.51. The normalized spacial score (nSPS) is 17.1. The average molecular weight is 398 g/mol. The number of likely N-dealkylation sites (tertiary alicyclic amines) is 1. The monoisotopic (exact) mass is 398 g/mol. The molecular weight excluding hydrogens is 371 g/mol. The summed E-state index contributed by atoms with van der Waals surface area (Å²) < 4.78 is 13.1. The molecule has 1 unspecified atom stereocenters. The van der Waals surface area contributed by atoms with Crippen LogP contribution in [0.4, 0.5) is 10.2 Å². The number of piperidine rings is 1. The van der Waals surface area contributed by atoms with Crippen molar-refractivity contribution in [1.82, 2.24) is 15.1 Å². The number of nitrogens with zero attached hydrogens (tertiary/aromatic N) is 3. The minimum Gasteiger partial charge on any atom is -0.368 e. The van der Waals surface area contributed by atoms with Crippen molar-refractivity contribution < 1.29 is 14.0 Å². The van der Waals surface area contributed by atoms with Crippen LogP contribution in [-0.2, 0) is 10.2 Å². The number of benzene rings is 1. The first-order valence-corrected chi connectivity index (χ1v) is 9.89. The number of anilines is 1. The lowest BCUT2D eigenvalue weighted by Gasteiger charge is -2.31. The van der Waals surface area contributed by atoms with Crippen molar-refractivity contribution in [3.05, 3.63) is 53.5 Å². The summed E-state index contributed by atoms with van der Waals surface area (Å²) in [6, 6.07) is 9.84. The molecule has 0 aliphatic carbocycles. The molecule has 1 aromatic heterocycles. The molecule has 2 heterocycles. The van der Waals surface area contributed by atoms with E-state index in [9.17, 15) is 14.0 Å². The summed E-state index contributed by atoms with van der Waals surface area (Å²) in [7, 11) is 0. The van der Waals surface area contributed by atoms with Gasteiger partial charge < -0.3 is 10.2 Å². The highest BCUT2D eigenvalue weighted by molar-refractivity contribution is 5.92. The van der Waals surface area contributed by atoms with Crippen LogP contribution in [0.15, 0.2) is 36.4 Å². The molecule has 3 rings (SSSR count). The lowest BCUT2D eigenvalue weighted by atomic mass is 9.84. The Morgan fingerprint density at radius 2 is 1.90 bits per heavy atom. The minimum atomic E-state index is -0.257. The standard InChI is InChI=1S/C22H27FN4O2/c1-15(28)16-5-4-12-27(13-16)21(29)19-10-11-20(26-25-19)24-14-22(2,3)17-6-8-18(23)9-7-17/h6-11,16H,4-5,12-14H2,1-3H3,(H,24,26). The molecule has 0 radical (unpaired) electrons. The molecule has 1 aliphatic rings. The highest BCUT2D eigenvalue weighted by Gasteiger charge is 2.27. The number of nitrogens with one attached hydrogen (secondary N) is 1. The van der Waals surface area contributed by atoms with Crippen LogP contribution in [0.1, 0.15) is 49.7 Å². The van der Waals surface area contributed by atoms with Crippen LogP contribution in [0.25, 0.3) is 0 Å². The van der Waals surface area contributed by atoms with Crippen molar-refractivity contribution in [3.63, 3.8) is 0 Å². The van der Waals surface area contributed by atoms with E-state index < -0.39 is 0 Å². The molecule has 0 spiro atoms.